The smallest absolute Gasteiger partial charge is 0.191 e. The van der Waals surface area contributed by atoms with E-state index in [4.69, 9.17) is 4.99 Å². The fraction of sp³-hybridized carbons (Fsp3) is 0.895. The molecular formula is C19H32N4O2S. The number of aliphatic imine (C=N–C) groups is 1. The normalized spacial score (nSPS) is 32.3. The fourth-order valence-corrected chi connectivity index (χ4v) is 6.33. The molecule has 0 aromatic heterocycles. The van der Waals surface area contributed by atoms with Crippen LogP contribution in [0.1, 0.15) is 57.8 Å². The minimum atomic E-state index is -2.86. The lowest BCUT2D eigenvalue weighted by atomic mass is 9.89. The van der Waals surface area contributed by atoms with Crippen molar-refractivity contribution in [1.82, 2.24) is 10.6 Å². The van der Waals surface area contributed by atoms with Crippen LogP contribution in [0.3, 0.4) is 0 Å². The van der Waals surface area contributed by atoms with E-state index in [1.54, 1.807) is 0 Å². The van der Waals surface area contributed by atoms with Gasteiger partial charge in [-0.3, -0.25) is 4.99 Å². The molecule has 2 N–H and O–H groups in total. The highest BCUT2D eigenvalue weighted by Gasteiger charge is 2.29. The van der Waals surface area contributed by atoms with Gasteiger partial charge in [-0.1, -0.05) is 19.3 Å². The molecule has 0 radical (unpaired) electrons. The third-order valence-electron chi connectivity index (χ3n) is 6.12. The summed E-state index contributed by atoms with van der Waals surface area (Å²) in [7, 11) is -2.86. The van der Waals surface area contributed by atoms with Crippen LogP contribution in [0.5, 0.6) is 0 Å². The molecule has 0 aromatic carbocycles. The molecular weight excluding hydrogens is 348 g/mol. The van der Waals surface area contributed by atoms with Crippen molar-refractivity contribution < 1.29 is 8.42 Å². The first-order valence-corrected chi connectivity index (χ1v) is 12.0. The van der Waals surface area contributed by atoms with Gasteiger partial charge in [0.25, 0.3) is 0 Å². The quantitative estimate of drug-likeness (QED) is 0.563. The van der Waals surface area contributed by atoms with Gasteiger partial charge in [-0.05, 0) is 50.4 Å². The van der Waals surface area contributed by atoms with Gasteiger partial charge in [0.15, 0.2) is 15.8 Å². The van der Waals surface area contributed by atoms with E-state index in [0.717, 1.165) is 31.8 Å². The van der Waals surface area contributed by atoms with Crippen LogP contribution in [0.2, 0.25) is 0 Å². The maximum Gasteiger partial charge on any atom is 0.191 e. The molecule has 3 atom stereocenters. The third-order valence-corrected chi connectivity index (χ3v) is 7.96. The minimum Gasteiger partial charge on any atom is -0.356 e. The van der Waals surface area contributed by atoms with Gasteiger partial charge in [-0.2, -0.15) is 5.26 Å². The number of rotatable bonds is 5. The summed E-state index contributed by atoms with van der Waals surface area (Å²) in [5.74, 6) is 2.19. The van der Waals surface area contributed by atoms with E-state index in [2.05, 4.69) is 16.7 Å². The second kappa shape index (κ2) is 9.07. The number of nitrogens with zero attached hydrogens (tertiary/aromatic N) is 2. The summed E-state index contributed by atoms with van der Waals surface area (Å²) < 4.78 is 23.3. The monoisotopic (exact) mass is 380 g/mol. The Morgan fingerprint density at radius 3 is 2.54 bits per heavy atom. The zero-order valence-corrected chi connectivity index (χ0v) is 16.4. The van der Waals surface area contributed by atoms with Crippen LogP contribution in [0, 0.1) is 29.1 Å². The summed E-state index contributed by atoms with van der Waals surface area (Å²) >= 11 is 0. The van der Waals surface area contributed by atoms with E-state index in [-0.39, 0.29) is 23.6 Å². The van der Waals surface area contributed by atoms with Crippen molar-refractivity contribution in [3.8, 4) is 6.07 Å². The van der Waals surface area contributed by atoms with Crippen molar-refractivity contribution in [3.63, 3.8) is 0 Å². The van der Waals surface area contributed by atoms with Crippen molar-refractivity contribution in [2.75, 3.05) is 24.6 Å². The first-order chi connectivity index (χ1) is 12.6. The molecule has 1 heterocycles. The molecule has 1 saturated heterocycles. The van der Waals surface area contributed by atoms with Gasteiger partial charge >= 0.3 is 0 Å². The summed E-state index contributed by atoms with van der Waals surface area (Å²) in [5.41, 5.74) is 0. The zero-order valence-electron chi connectivity index (χ0n) is 15.6. The van der Waals surface area contributed by atoms with E-state index in [1.165, 1.54) is 32.1 Å². The van der Waals surface area contributed by atoms with Crippen LogP contribution in [0.15, 0.2) is 4.99 Å². The molecule has 0 amide bonds. The van der Waals surface area contributed by atoms with E-state index in [9.17, 15) is 13.7 Å². The first-order valence-electron chi connectivity index (χ1n) is 10.2. The summed E-state index contributed by atoms with van der Waals surface area (Å²) in [6.45, 7) is 1.46. The van der Waals surface area contributed by atoms with Crippen LogP contribution in [0.25, 0.3) is 0 Å². The van der Waals surface area contributed by atoms with Crippen molar-refractivity contribution >= 4 is 15.8 Å². The molecule has 3 unspecified atom stereocenters. The fourth-order valence-electron chi connectivity index (χ4n) is 4.48. The Labute approximate surface area is 157 Å². The Morgan fingerprint density at radius 2 is 1.85 bits per heavy atom. The molecule has 3 aliphatic rings. The molecule has 2 saturated carbocycles. The summed E-state index contributed by atoms with van der Waals surface area (Å²) in [6.07, 6.45) is 10.2. The number of guanidine groups is 1. The van der Waals surface area contributed by atoms with E-state index < -0.39 is 9.84 Å². The lowest BCUT2D eigenvalue weighted by Gasteiger charge is -2.25. The number of nitriles is 1. The highest BCUT2D eigenvalue weighted by molar-refractivity contribution is 7.91. The highest BCUT2D eigenvalue weighted by atomic mass is 32.2. The van der Waals surface area contributed by atoms with Gasteiger partial charge in [0.2, 0.25) is 0 Å². The molecule has 6 nitrogen and oxygen atoms in total. The van der Waals surface area contributed by atoms with Gasteiger partial charge in [-0.15, -0.1) is 0 Å². The molecule has 3 rings (SSSR count). The number of hydrogen-bond donors (Lipinski definition) is 2. The van der Waals surface area contributed by atoms with Crippen LogP contribution in [0.4, 0.5) is 0 Å². The molecule has 2 aliphatic carbocycles. The number of nitrogens with one attached hydrogen (secondary N) is 2. The molecule has 1 aliphatic heterocycles. The van der Waals surface area contributed by atoms with Gasteiger partial charge in [0.05, 0.1) is 23.5 Å². The first kappa shape index (κ1) is 19.5. The number of sulfone groups is 1. The molecule has 0 spiro atoms. The summed E-state index contributed by atoms with van der Waals surface area (Å²) in [5, 5.41) is 16.3. The van der Waals surface area contributed by atoms with Crippen LogP contribution in [-0.2, 0) is 9.84 Å². The average Bonchev–Trinajstić information content (AvgIpc) is 3.23. The molecule has 3 fully saturated rings. The predicted octanol–water partition coefficient (Wildman–Crippen LogP) is 2.23. The van der Waals surface area contributed by atoms with E-state index >= 15 is 0 Å². The SMILES string of the molecule is N#CC1CCCC1NC(=NCC1CCS(=O)(=O)C1)NCC1CCCCC1. The Balaban J connectivity index is 1.58. The molecule has 26 heavy (non-hydrogen) atoms. The molecule has 0 aromatic rings. The number of hydrogen-bond acceptors (Lipinski definition) is 4. The Morgan fingerprint density at radius 1 is 1.04 bits per heavy atom. The van der Waals surface area contributed by atoms with Crippen LogP contribution >= 0.6 is 0 Å². The molecule has 7 heteroatoms. The molecule has 146 valence electrons. The van der Waals surface area contributed by atoms with Gasteiger partial charge in [0.1, 0.15) is 0 Å². The standard InChI is InChI=1S/C19H32N4O2S/c20-11-17-7-4-8-18(17)23-19(21-12-15-5-2-1-3-6-15)22-13-16-9-10-26(24,25)14-16/h15-18H,1-10,12-14H2,(H2,21,22,23). The largest absolute Gasteiger partial charge is 0.356 e. The maximum absolute atomic E-state index is 11.7. The van der Waals surface area contributed by atoms with Gasteiger partial charge < -0.3 is 10.6 Å². The zero-order chi connectivity index (χ0) is 18.4. The van der Waals surface area contributed by atoms with Crippen LogP contribution in [-0.4, -0.2) is 45.0 Å². The van der Waals surface area contributed by atoms with Crippen molar-refractivity contribution in [3.05, 3.63) is 0 Å². The van der Waals surface area contributed by atoms with Gasteiger partial charge in [-0.25, -0.2) is 8.42 Å². The molecule has 0 bridgehead atoms. The lowest BCUT2D eigenvalue weighted by Crippen LogP contribution is -2.46. The maximum atomic E-state index is 11.7. The highest BCUT2D eigenvalue weighted by Crippen LogP contribution is 2.25. The third kappa shape index (κ3) is 5.60. The Hall–Kier alpha value is -1.29. The predicted molar refractivity (Wildman–Crippen MR) is 104 cm³/mol. The summed E-state index contributed by atoms with van der Waals surface area (Å²) in [6, 6.07) is 2.57. The topological polar surface area (TPSA) is 94.3 Å². The van der Waals surface area contributed by atoms with Crippen molar-refractivity contribution in [2.45, 2.75) is 63.8 Å². The average molecular weight is 381 g/mol. The second-order valence-electron chi connectivity index (χ2n) is 8.26. The van der Waals surface area contributed by atoms with E-state index in [1.807, 2.05) is 0 Å². The Kier molecular flexibility index (Phi) is 6.80. The lowest BCUT2D eigenvalue weighted by molar-refractivity contribution is 0.354. The van der Waals surface area contributed by atoms with E-state index in [0.29, 0.717) is 24.6 Å². The van der Waals surface area contributed by atoms with Crippen molar-refractivity contribution in [2.24, 2.45) is 22.7 Å². The van der Waals surface area contributed by atoms with Crippen LogP contribution < -0.4 is 10.6 Å². The van der Waals surface area contributed by atoms with Crippen molar-refractivity contribution in [1.29, 1.82) is 5.26 Å². The second-order valence-corrected chi connectivity index (χ2v) is 10.5. The van der Waals surface area contributed by atoms with Gasteiger partial charge in [0, 0.05) is 19.1 Å². The Bertz CT molecular complexity index is 634. The summed E-state index contributed by atoms with van der Waals surface area (Å²) in [4.78, 5) is 4.71. The minimum absolute atomic E-state index is 0.0449.